The molecule has 0 aromatic carbocycles. The number of hydrogen-bond acceptors (Lipinski definition) is 4. The molecule has 4 nitrogen and oxygen atoms in total. The van der Waals surface area contributed by atoms with Crippen molar-refractivity contribution in [1.82, 2.24) is 15.2 Å². The first-order valence-corrected chi connectivity index (χ1v) is 7.36. The van der Waals surface area contributed by atoms with Gasteiger partial charge in [0.15, 0.2) is 0 Å². The normalized spacial score (nSPS) is 20.8. The number of hydrogen-bond donors (Lipinski definition) is 1. The molecule has 1 aromatic rings. The molecule has 1 saturated heterocycles. The lowest BCUT2D eigenvalue weighted by Gasteiger charge is -2.33. The van der Waals surface area contributed by atoms with E-state index in [0.29, 0.717) is 0 Å². The molecule has 0 bridgehead atoms. The number of anilines is 1. The van der Waals surface area contributed by atoms with E-state index in [1.807, 2.05) is 0 Å². The van der Waals surface area contributed by atoms with Gasteiger partial charge in [0.1, 0.15) is 5.82 Å². The van der Waals surface area contributed by atoms with Crippen molar-refractivity contribution >= 4 is 5.82 Å². The fourth-order valence-electron chi connectivity index (χ4n) is 2.52. The van der Waals surface area contributed by atoms with Gasteiger partial charge in [-0.25, -0.2) is 4.98 Å². The minimum atomic E-state index is 0.761. The van der Waals surface area contributed by atoms with Crippen LogP contribution in [0.3, 0.4) is 0 Å². The van der Waals surface area contributed by atoms with Gasteiger partial charge < -0.3 is 15.1 Å². The van der Waals surface area contributed by atoms with Gasteiger partial charge in [-0.1, -0.05) is 6.07 Å². The molecule has 1 aliphatic heterocycles. The molecule has 1 aromatic heterocycles. The molecule has 2 fully saturated rings. The number of nitrogens with one attached hydrogen (secondary N) is 1. The van der Waals surface area contributed by atoms with E-state index in [1.54, 1.807) is 0 Å². The summed E-state index contributed by atoms with van der Waals surface area (Å²) in [5.41, 5.74) is 2.51. The third kappa shape index (κ3) is 3.25. The van der Waals surface area contributed by atoms with Gasteiger partial charge in [0, 0.05) is 44.5 Å². The third-order valence-electron chi connectivity index (χ3n) is 4.17. The van der Waals surface area contributed by atoms with Crippen LogP contribution in [0, 0.1) is 6.92 Å². The molecule has 0 atom stereocenters. The maximum absolute atomic E-state index is 4.79. The van der Waals surface area contributed by atoms with Crippen LogP contribution in [-0.4, -0.2) is 49.2 Å². The van der Waals surface area contributed by atoms with Crippen molar-refractivity contribution in [3.63, 3.8) is 0 Å². The van der Waals surface area contributed by atoms with Gasteiger partial charge in [-0.2, -0.15) is 0 Å². The molecule has 2 heterocycles. The highest BCUT2D eigenvalue weighted by atomic mass is 15.3. The first-order valence-electron chi connectivity index (χ1n) is 7.36. The van der Waals surface area contributed by atoms with Crippen LogP contribution < -0.4 is 10.2 Å². The quantitative estimate of drug-likeness (QED) is 0.886. The molecule has 1 aliphatic carbocycles. The number of aryl methyl sites for hydroxylation is 1. The van der Waals surface area contributed by atoms with E-state index in [4.69, 9.17) is 4.98 Å². The molecule has 0 unspecified atom stereocenters. The zero-order valence-corrected chi connectivity index (χ0v) is 12.0. The van der Waals surface area contributed by atoms with Gasteiger partial charge in [0.2, 0.25) is 0 Å². The van der Waals surface area contributed by atoms with Gasteiger partial charge in [-0.15, -0.1) is 0 Å². The number of pyridine rings is 1. The van der Waals surface area contributed by atoms with E-state index >= 15 is 0 Å². The summed E-state index contributed by atoms with van der Waals surface area (Å²) in [5.74, 6) is 1.14. The summed E-state index contributed by atoms with van der Waals surface area (Å²) >= 11 is 0. The summed E-state index contributed by atoms with van der Waals surface area (Å²) in [6.07, 6.45) is 2.68. The maximum atomic E-state index is 4.79. The Morgan fingerprint density at radius 1 is 1.21 bits per heavy atom. The second-order valence-electron chi connectivity index (χ2n) is 5.86. The van der Waals surface area contributed by atoms with Crippen molar-refractivity contribution < 1.29 is 0 Å². The highest BCUT2D eigenvalue weighted by Crippen LogP contribution is 2.21. The maximum Gasteiger partial charge on any atom is 0.128 e. The molecular formula is C15H24N4. The monoisotopic (exact) mass is 260 g/mol. The second kappa shape index (κ2) is 5.47. The average Bonchev–Trinajstić information content (AvgIpc) is 3.22. The van der Waals surface area contributed by atoms with Gasteiger partial charge in [-0.05, 0) is 38.4 Å². The highest BCUT2D eigenvalue weighted by Gasteiger charge is 2.20. The smallest absolute Gasteiger partial charge is 0.128 e. The van der Waals surface area contributed by atoms with Crippen molar-refractivity contribution in [1.29, 1.82) is 0 Å². The summed E-state index contributed by atoms with van der Waals surface area (Å²) < 4.78 is 0. The number of piperazine rings is 1. The molecule has 19 heavy (non-hydrogen) atoms. The van der Waals surface area contributed by atoms with Crippen LogP contribution in [0.4, 0.5) is 5.82 Å². The Morgan fingerprint density at radius 3 is 2.58 bits per heavy atom. The number of likely N-dealkylation sites (N-methyl/N-ethyl adjacent to an activating group) is 1. The highest BCUT2D eigenvalue weighted by molar-refractivity contribution is 5.42. The molecule has 0 radical (unpaired) electrons. The van der Waals surface area contributed by atoms with Crippen molar-refractivity contribution in [2.75, 3.05) is 38.1 Å². The van der Waals surface area contributed by atoms with E-state index in [1.165, 1.54) is 24.1 Å². The SMILES string of the molecule is Cc1nc(N2CCN(C)CC2)ccc1CNC1CC1. The van der Waals surface area contributed by atoms with Crippen LogP contribution in [0.1, 0.15) is 24.1 Å². The van der Waals surface area contributed by atoms with E-state index in [0.717, 1.165) is 44.6 Å². The average molecular weight is 260 g/mol. The second-order valence-corrected chi connectivity index (χ2v) is 5.86. The van der Waals surface area contributed by atoms with Gasteiger partial charge in [0.05, 0.1) is 0 Å². The van der Waals surface area contributed by atoms with E-state index in [-0.39, 0.29) is 0 Å². The molecule has 104 valence electrons. The lowest BCUT2D eigenvalue weighted by Crippen LogP contribution is -2.44. The van der Waals surface area contributed by atoms with E-state index in [2.05, 4.69) is 41.2 Å². The van der Waals surface area contributed by atoms with Crippen molar-refractivity contribution in [2.24, 2.45) is 0 Å². The fraction of sp³-hybridized carbons (Fsp3) is 0.667. The summed E-state index contributed by atoms with van der Waals surface area (Å²) in [5, 5.41) is 3.56. The molecule has 3 rings (SSSR count). The first kappa shape index (κ1) is 12.9. The molecule has 1 N–H and O–H groups in total. The summed E-state index contributed by atoms with van der Waals surface area (Å²) in [4.78, 5) is 9.55. The summed E-state index contributed by atoms with van der Waals surface area (Å²) in [7, 11) is 2.18. The fourth-order valence-corrected chi connectivity index (χ4v) is 2.52. The lowest BCUT2D eigenvalue weighted by molar-refractivity contribution is 0.312. The summed E-state index contributed by atoms with van der Waals surface area (Å²) in [6.45, 7) is 7.53. The number of aromatic nitrogens is 1. The van der Waals surface area contributed by atoms with Crippen molar-refractivity contribution in [3.8, 4) is 0 Å². The van der Waals surface area contributed by atoms with Gasteiger partial charge in [-0.3, -0.25) is 0 Å². The zero-order chi connectivity index (χ0) is 13.2. The Balaban J connectivity index is 1.64. The number of nitrogens with zero attached hydrogens (tertiary/aromatic N) is 3. The van der Waals surface area contributed by atoms with E-state index < -0.39 is 0 Å². The minimum Gasteiger partial charge on any atom is -0.354 e. The summed E-state index contributed by atoms with van der Waals surface area (Å²) in [6, 6.07) is 5.19. The topological polar surface area (TPSA) is 31.4 Å². The minimum absolute atomic E-state index is 0.761. The molecule has 1 saturated carbocycles. The molecular weight excluding hydrogens is 236 g/mol. The van der Waals surface area contributed by atoms with Crippen molar-refractivity contribution in [3.05, 3.63) is 23.4 Å². The van der Waals surface area contributed by atoms with Crippen LogP contribution in [0.5, 0.6) is 0 Å². The Hall–Kier alpha value is -1.13. The Kier molecular flexibility index (Phi) is 3.71. The van der Waals surface area contributed by atoms with Gasteiger partial charge >= 0.3 is 0 Å². The van der Waals surface area contributed by atoms with Crippen LogP contribution in [-0.2, 0) is 6.54 Å². The first-order chi connectivity index (χ1) is 9.22. The predicted octanol–water partition coefficient (Wildman–Crippen LogP) is 1.39. The van der Waals surface area contributed by atoms with Crippen LogP contribution in [0.15, 0.2) is 12.1 Å². The van der Waals surface area contributed by atoms with E-state index in [9.17, 15) is 0 Å². The largest absolute Gasteiger partial charge is 0.354 e. The van der Waals surface area contributed by atoms with Crippen LogP contribution in [0.25, 0.3) is 0 Å². The van der Waals surface area contributed by atoms with Gasteiger partial charge in [0.25, 0.3) is 0 Å². The predicted molar refractivity (Wildman–Crippen MR) is 78.5 cm³/mol. The van der Waals surface area contributed by atoms with Crippen LogP contribution in [0.2, 0.25) is 0 Å². The Labute approximate surface area is 115 Å². The Morgan fingerprint density at radius 2 is 1.95 bits per heavy atom. The third-order valence-corrected chi connectivity index (χ3v) is 4.17. The molecule has 4 heteroatoms. The number of rotatable bonds is 4. The molecule has 0 spiro atoms. The van der Waals surface area contributed by atoms with Crippen molar-refractivity contribution in [2.45, 2.75) is 32.4 Å². The standard InChI is InChI=1S/C15H24N4/c1-12-13(11-16-14-4-5-14)3-6-15(17-12)19-9-7-18(2)8-10-19/h3,6,14,16H,4-5,7-11H2,1-2H3. The van der Waals surface area contributed by atoms with Crippen LogP contribution >= 0.6 is 0 Å². The zero-order valence-electron chi connectivity index (χ0n) is 12.0. The molecule has 2 aliphatic rings. The lowest BCUT2D eigenvalue weighted by atomic mass is 10.2. The molecule has 0 amide bonds. The Bertz CT molecular complexity index is 434.